The van der Waals surface area contributed by atoms with Gasteiger partial charge in [0.15, 0.2) is 11.6 Å². The molecule has 0 aliphatic rings. The number of halogens is 2. The van der Waals surface area contributed by atoms with E-state index in [0.717, 1.165) is 6.07 Å². The minimum atomic E-state index is -1.56. The lowest BCUT2D eigenvalue weighted by atomic mass is 10.1. The number of nitro benzene ring substituents is 1. The molecular formula is C13H7ClFNO5. The Labute approximate surface area is 122 Å². The Bertz CT molecular complexity index is 734. The summed E-state index contributed by atoms with van der Waals surface area (Å²) in [5.74, 6) is -2.99. The summed E-state index contributed by atoms with van der Waals surface area (Å²) in [5.41, 5.74) is -1.53. The minimum Gasteiger partial charge on any atom is -0.477 e. The topological polar surface area (TPSA) is 89.7 Å². The number of hydrogen-bond donors (Lipinski definition) is 1. The fourth-order valence-electron chi connectivity index (χ4n) is 1.59. The number of benzene rings is 2. The summed E-state index contributed by atoms with van der Waals surface area (Å²) < 4.78 is 19.0. The number of nitrogens with zero attached hydrogens (tertiary/aromatic N) is 1. The molecule has 2 aromatic rings. The largest absolute Gasteiger partial charge is 0.477 e. The van der Waals surface area contributed by atoms with Gasteiger partial charge in [0.2, 0.25) is 0 Å². The van der Waals surface area contributed by atoms with Crippen LogP contribution in [-0.2, 0) is 0 Å². The molecule has 0 bridgehead atoms. The van der Waals surface area contributed by atoms with Crippen molar-refractivity contribution >= 4 is 23.3 Å². The molecule has 8 heteroatoms. The molecule has 0 aliphatic carbocycles. The third-order valence-electron chi connectivity index (χ3n) is 2.53. The Morgan fingerprint density at radius 3 is 2.52 bits per heavy atom. The highest BCUT2D eigenvalue weighted by Crippen LogP contribution is 2.33. The summed E-state index contributed by atoms with van der Waals surface area (Å²) in [7, 11) is 0. The predicted octanol–water partition coefficient (Wildman–Crippen LogP) is 3.88. The van der Waals surface area contributed by atoms with Gasteiger partial charge in [0.05, 0.1) is 16.0 Å². The Morgan fingerprint density at radius 2 is 1.95 bits per heavy atom. The maximum absolute atomic E-state index is 13.8. The number of hydrogen-bond acceptors (Lipinski definition) is 4. The van der Waals surface area contributed by atoms with E-state index in [4.69, 9.17) is 21.4 Å². The number of para-hydroxylation sites is 1. The molecule has 0 aromatic heterocycles. The van der Waals surface area contributed by atoms with E-state index in [1.807, 2.05) is 0 Å². The molecule has 0 heterocycles. The van der Waals surface area contributed by atoms with Crippen LogP contribution in [0.3, 0.4) is 0 Å². The van der Waals surface area contributed by atoms with Crippen molar-refractivity contribution < 1.29 is 24.0 Å². The second-order valence-electron chi connectivity index (χ2n) is 3.89. The van der Waals surface area contributed by atoms with Crippen LogP contribution in [0, 0.1) is 15.9 Å². The lowest BCUT2D eigenvalue weighted by Crippen LogP contribution is -2.04. The monoisotopic (exact) mass is 311 g/mol. The van der Waals surface area contributed by atoms with E-state index in [0.29, 0.717) is 6.07 Å². The fourth-order valence-corrected chi connectivity index (χ4v) is 1.76. The quantitative estimate of drug-likeness (QED) is 0.683. The highest BCUT2D eigenvalue weighted by Gasteiger charge is 2.24. The van der Waals surface area contributed by atoms with E-state index in [2.05, 4.69) is 0 Å². The SMILES string of the molecule is O=C(O)c1cc(Oc2ccccc2Cl)c(F)cc1[N+](=O)[O-]. The minimum absolute atomic E-state index is 0.100. The normalized spacial score (nSPS) is 10.2. The van der Waals surface area contributed by atoms with Gasteiger partial charge in [-0.05, 0) is 12.1 Å². The zero-order valence-electron chi connectivity index (χ0n) is 10.2. The molecule has 0 atom stereocenters. The highest BCUT2D eigenvalue weighted by molar-refractivity contribution is 6.32. The van der Waals surface area contributed by atoms with Crippen molar-refractivity contribution in [1.82, 2.24) is 0 Å². The van der Waals surface area contributed by atoms with Crippen LogP contribution in [0.5, 0.6) is 11.5 Å². The number of aromatic carboxylic acids is 1. The van der Waals surface area contributed by atoms with Crippen molar-refractivity contribution in [2.24, 2.45) is 0 Å². The molecular weight excluding hydrogens is 305 g/mol. The molecule has 0 saturated heterocycles. The highest BCUT2D eigenvalue weighted by atomic mass is 35.5. The Kier molecular flexibility index (Phi) is 4.04. The molecule has 0 unspecified atom stereocenters. The van der Waals surface area contributed by atoms with Gasteiger partial charge in [-0.3, -0.25) is 10.1 Å². The van der Waals surface area contributed by atoms with Crippen molar-refractivity contribution in [3.05, 3.63) is 62.9 Å². The van der Waals surface area contributed by atoms with E-state index in [1.165, 1.54) is 12.1 Å². The first kappa shape index (κ1) is 14.7. The zero-order valence-corrected chi connectivity index (χ0v) is 11.0. The summed E-state index contributed by atoms with van der Waals surface area (Å²) in [6, 6.07) is 7.41. The maximum atomic E-state index is 13.8. The van der Waals surface area contributed by atoms with E-state index < -0.39 is 33.7 Å². The van der Waals surface area contributed by atoms with E-state index in [-0.39, 0.29) is 10.8 Å². The summed E-state index contributed by atoms with van der Waals surface area (Å²) >= 11 is 5.84. The van der Waals surface area contributed by atoms with Gasteiger partial charge in [0.25, 0.3) is 5.69 Å². The summed E-state index contributed by atoms with van der Waals surface area (Å²) in [6.45, 7) is 0. The first-order valence-corrected chi connectivity index (χ1v) is 5.91. The van der Waals surface area contributed by atoms with Crippen LogP contribution < -0.4 is 4.74 Å². The number of carbonyl (C=O) groups is 1. The van der Waals surface area contributed by atoms with Gasteiger partial charge in [-0.2, -0.15) is 0 Å². The van der Waals surface area contributed by atoms with E-state index in [1.54, 1.807) is 12.1 Å². The van der Waals surface area contributed by atoms with Crippen molar-refractivity contribution in [2.45, 2.75) is 0 Å². The fraction of sp³-hybridized carbons (Fsp3) is 0. The van der Waals surface area contributed by atoms with Crippen molar-refractivity contribution in [3.8, 4) is 11.5 Å². The number of nitro groups is 1. The molecule has 0 radical (unpaired) electrons. The molecule has 108 valence electrons. The summed E-state index contributed by atoms with van der Waals surface area (Å²) in [6.07, 6.45) is 0. The van der Waals surface area contributed by atoms with Crippen LogP contribution in [0.15, 0.2) is 36.4 Å². The third-order valence-corrected chi connectivity index (χ3v) is 2.85. The molecule has 21 heavy (non-hydrogen) atoms. The average Bonchev–Trinajstić information content (AvgIpc) is 2.42. The third kappa shape index (κ3) is 3.09. The van der Waals surface area contributed by atoms with Crippen molar-refractivity contribution in [2.75, 3.05) is 0 Å². The predicted molar refractivity (Wildman–Crippen MR) is 71.5 cm³/mol. The van der Waals surface area contributed by atoms with Crippen LogP contribution >= 0.6 is 11.6 Å². The number of carboxylic acids is 1. The Morgan fingerprint density at radius 1 is 1.29 bits per heavy atom. The molecule has 0 aliphatic heterocycles. The van der Waals surface area contributed by atoms with Gasteiger partial charge in [-0.15, -0.1) is 0 Å². The molecule has 1 N–H and O–H groups in total. The average molecular weight is 312 g/mol. The summed E-state index contributed by atoms with van der Waals surface area (Å²) in [4.78, 5) is 20.7. The van der Waals surface area contributed by atoms with Gasteiger partial charge >= 0.3 is 5.97 Å². The van der Waals surface area contributed by atoms with Gasteiger partial charge in [-0.25, -0.2) is 9.18 Å². The van der Waals surface area contributed by atoms with Crippen LogP contribution in [0.2, 0.25) is 5.02 Å². The van der Waals surface area contributed by atoms with Crippen molar-refractivity contribution in [3.63, 3.8) is 0 Å². The second kappa shape index (κ2) is 5.76. The molecule has 0 amide bonds. The lowest BCUT2D eigenvalue weighted by molar-refractivity contribution is -0.385. The maximum Gasteiger partial charge on any atom is 0.342 e. The van der Waals surface area contributed by atoms with Gasteiger partial charge < -0.3 is 9.84 Å². The number of ether oxygens (including phenoxy) is 1. The Balaban J connectivity index is 2.50. The molecule has 2 rings (SSSR count). The first-order valence-electron chi connectivity index (χ1n) is 5.53. The zero-order chi connectivity index (χ0) is 15.6. The molecule has 2 aromatic carbocycles. The molecule has 0 saturated carbocycles. The number of carboxylic acid groups (broad SMARTS) is 1. The number of rotatable bonds is 4. The van der Waals surface area contributed by atoms with E-state index >= 15 is 0 Å². The smallest absolute Gasteiger partial charge is 0.342 e. The lowest BCUT2D eigenvalue weighted by Gasteiger charge is -2.09. The van der Waals surface area contributed by atoms with E-state index in [9.17, 15) is 19.3 Å². The molecule has 0 spiro atoms. The van der Waals surface area contributed by atoms with Gasteiger partial charge in [-0.1, -0.05) is 23.7 Å². The first-order chi connectivity index (χ1) is 9.90. The van der Waals surface area contributed by atoms with Crippen LogP contribution in [0.4, 0.5) is 10.1 Å². The second-order valence-corrected chi connectivity index (χ2v) is 4.30. The summed E-state index contributed by atoms with van der Waals surface area (Å²) in [5, 5.41) is 19.8. The van der Waals surface area contributed by atoms with Gasteiger partial charge in [0, 0.05) is 6.07 Å². The van der Waals surface area contributed by atoms with Crippen LogP contribution in [0.25, 0.3) is 0 Å². The Hall–Kier alpha value is -2.67. The van der Waals surface area contributed by atoms with Crippen molar-refractivity contribution in [1.29, 1.82) is 0 Å². The van der Waals surface area contributed by atoms with Crippen LogP contribution in [-0.4, -0.2) is 16.0 Å². The molecule has 6 nitrogen and oxygen atoms in total. The standard InChI is InChI=1S/C13H7ClFNO5/c14-8-3-1-2-4-11(8)21-12-5-7(13(17)18)10(16(19)20)6-9(12)15/h1-6H,(H,17,18). The van der Waals surface area contributed by atoms with Crippen LogP contribution in [0.1, 0.15) is 10.4 Å². The molecule has 0 fully saturated rings. The van der Waals surface area contributed by atoms with Gasteiger partial charge in [0.1, 0.15) is 11.3 Å².